The zero-order valence-electron chi connectivity index (χ0n) is 39.2. The predicted molar refractivity (Wildman–Crippen MR) is 250 cm³/mol. The van der Waals surface area contributed by atoms with Crippen LogP contribution in [0.1, 0.15) is 284 Å². The Morgan fingerprint density at radius 1 is 0.483 bits per heavy atom. The minimum Gasteiger partial charge on any atom is -0.462 e. The van der Waals surface area contributed by atoms with Gasteiger partial charge in [-0.3, -0.25) is 9.59 Å². The third kappa shape index (κ3) is 41.3. The van der Waals surface area contributed by atoms with Crippen molar-refractivity contribution in [3.05, 3.63) is 12.2 Å². The highest BCUT2D eigenvalue weighted by Gasteiger charge is 2.24. The Bertz CT molecular complexity index is 878. The summed E-state index contributed by atoms with van der Waals surface area (Å²) in [6.07, 6.45) is 51.3. The maximum atomic E-state index is 13.2. The summed E-state index contributed by atoms with van der Waals surface area (Å²) in [4.78, 5) is 26.1. The van der Waals surface area contributed by atoms with Crippen LogP contribution in [0.5, 0.6) is 0 Å². The van der Waals surface area contributed by atoms with Gasteiger partial charge in [-0.2, -0.15) is 0 Å². The molecule has 0 aliphatic rings. The van der Waals surface area contributed by atoms with Crippen LogP contribution in [0.15, 0.2) is 12.2 Å². The fraction of sp³-hybridized carbons (Fsp3) is 0.923. The number of ether oxygens (including phenoxy) is 1. The smallest absolute Gasteiger partial charge is 0.306 e. The lowest BCUT2D eigenvalue weighted by Crippen LogP contribution is -2.46. The van der Waals surface area contributed by atoms with Crippen LogP contribution in [-0.4, -0.2) is 46.9 Å². The average Bonchev–Trinajstić information content (AvgIpc) is 3.22. The van der Waals surface area contributed by atoms with Crippen molar-refractivity contribution in [1.82, 2.24) is 5.32 Å². The molecule has 344 valence electrons. The molecule has 0 spiro atoms. The summed E-state index contributed by atoms with van der Waals surface area (Å²) in [5.74, 6) is -0.469. The highest BCUT2D eigenvalue weighted by Crippen LogP contribution is 2.19. The number of carbonyl (C=O) groups is 2. The van der Waals surface area contributed by atoms with Gasteiger partial charge in [-0.25, -0.2) is 0 Å². The SMILES string of the molecule is CCC/C=C\CCCCCCCC(=O)OC(CCCCCCCCCCCCCCCCCCC)CC(=O)NC(CO)C(O)CCCCCCCCCCCCCC. The highest BCUT2D eigenvalue weighted by atomic mass is 16.5. The molecule has 3 N–H and O–H groups in total. The largest absolute Gasteiger partial charge is 0.462 e. The maximum Gasteiger partial charge on any atom is 0.306 e. The molecule has 0 aromatic rings. The van der Waals surface area contributed by atoms with E-state index in [1.54, 1.807) is 0 Å². The van der Waals surface area contributed by atoms with Crippen molar-refractivity contribution in [3.63, 3.8) is 0 Å². The van der Waals surface area contributed by atoms with Crippen molar-refractivity contribution < 1.29 is 24.5 Å². The van der Waals surface area contributed by atoms with Gasteiger partial charge in [0, 0.05) is 6.42 Å². The lowest BCUT2D eigenvalue weighted by atomic mass is 10.0. The zero-order valence-corrected chi connectivity index (χ0v) is 39.2. The van der Waals surface area contributed by atoms with E-state index in [1.165, 1.54) is 180 Å². The van der Waals surface area contributed by atoms with Gasteiger partial charge in [-0.1, -0.05) is 238 Å². The Balaban J connectivity index is 4.50. The number of amides is 1. The third-order valence-corrected chi connectivity index (χ3v) is 12.1. The molecule has 0 fully saturated rings. The number of carbonyl (C=O) groups excluding carboxylic acids is 2. The lowest BCUT2D eigenvalue weighted by molar-refractivity contribution is -0.151. The molecule has 0 saturated heterocycles. The van der Waals surface area contributed by atoms with Crippen LogP contribution in [0.25, 0.3) is 0 Å². The molecular formula is C52H101NO5. The molecule has 0 aromatic carbocycles. The Morgan fingerprint density at radius 3 is 1.29 bits per heavy atom. The summed E-state index contributed by atoms with van der Waals surface area (Å²) in [6, 6.07) is -0.695. The second-order valence-electron chi connectivity index (χ2n) is 17.9. The summed E-state index contributed by atoms with van der Waals surface area (Å²) >= 11 is 0. The molecule has 0 aromatic heterocycles. The van der Waals surface area contributed by atoms with Crippen LogP contribution in [0, 0.1) is 0 Å². The Morgan fingerprint density at radius 2 is 0.862 bits per heavy atom. The molecule has 0 rings (SSSR count). The van der Waals surface area contributed by atoms with Crippen LogP contribution in [-0.2, 0) is 14.3 Å². The first kappa shape index (κ1) is 56.6. The molecule has 0 aliphatic carbocycles. The molecular weight excluding hydrogens is 719 g/mol. The number of rotatable bonds is 47. The number of esters is 1. The number of aliphatic hydroxyl groups excluding tert-OH is 2. The van der Waals surface area contributed by atoms with Gasteiger partial charge in [0.2, 0.25) is 5.91 Å². The van der Waals surface area contributed by atoms with Crippen molar-refractivity contribution >= 4 is 11.9 Å². The Kier molecular flexibility index (Phi) is 45.5. The van der Waals surface area contributed by atoms with Gasteiger partial charge in [-0.05, 0) is 44.9 Å². The van der Waals surface area contributed by atoms with Crippen LogP contribution in [0.2, 0.25) is 0 Å². The van der Waals surface area contributed by atoms with E-state index in [0.29, 0.717) is 19.3 Å². The minimum atomic E-state index is -0.782. The third-order valence-electron chi connectivity index (χ3n) is 12.1. The molecule has 0 radical (unpaired) electrons. The number of hydrogen-bond acceptors (Lipinski definition) is 5. The predicted octanol–water partition coefficient (Wildman–Crippen LogP) is 15.3. The first-order valence-electron chi connectivity index (χ1n) is 25.9. The fourth-order valence-corrected chi connectivity index (χ4v) is 8.14. The molecule has 6 nitrogen and oxygen atoms in total. The zero-order chi connectivity index (χ0) is 42.4. The van der Waals surface area contributed by atoms with Gasteiger partial charge in [0.1, 0.15) is 6.10 Å². The van der Waals surface area contributed by atoms with E-state index >= 15 is 0 Å². The molecule has 6 heteroatoms. The van der Waals surface area contributed by atoms with Gasteiger partial charge in [-0.15, -0.1) is 0 Å². The molecule has 0 heterocycles. The van der Waals surface area contributed by atoms with E-state index in [1.807, 2.05) is 0 Å². The number of allylic oxidation sites excluding steroid dienone is 2. The van der Waals surface area contributed by atoms with Crippen LogP contribution in [0.4, 0.5) is 0 Å². The molecule has 0 bridgehead atoms. The van der Waals surface area contributed by atoms with Crippen molar-refractivity contribution in [2.75, 3.05) is 6.61 Å². The Hall–Kier alpha value is -1.40. The average molecular weight is 820 g/mol. The second-order valence-corrected chi connectivity index (χ2v) is 17.9. The van der Waals surface area contributed by atoms with Crippen LogP contribution >= 0.6 is 0 Å². The highest BCUT2D eigenvalue weighted by molar-refractivity contribution is 5.77. The number of nitrogens with one attached hydrogen (secondary N) is 1. The standard InChI is InChI=1S/C52H101NO5/c1-4-7-10-13-16-19-22-24-25-26-27-28-29-31-34-37-40-43-48(58-52(57)45-42-39-36-33-21-18-15-12-9-6-3)46-51(56)53-49(47-54)50(55)44-41-38-35-32-30-23-20-17-14-11-8-5-2/h12,15,48-50,54-55H,4-11,13-14,16-47H2,1-3H3,(H,53,56)/b15-12-. The van der Waals surface area contributed by atoms with Gasteiger partial charge in [0.15, 0.2) is 0 Å². The van der Waals surface area contributed by atoms with Crippen LogP contribution in [0.3, 0.4) is 0 Å². The second kappa shape index (κ2) is 46.7. The van der Waals surface area contributed by atoms with E-state index in [2.05, 4.69) is 38.2 Å². The first-order valence-corrected chi connectivity index (χ1v) is 25.9. The summed E-state index contributed by atoms with van der Waals surface area (Å²) in [5, 5.41) is 23.7. The van der Waals surface area contributed by atoms with E-state index in [-0.39, 0.29) is 24.9 Å². The fourth-order valence-electron chi connectivity index (χ4n) is 8.14. The van der Waals surface area contributed by atoms with E-state index < -0.39 is 18.2 Å². The van der Waals surface area contributed by atoms with Gasteiger partial charge in [0.25, 0.3) is 0 Å². The van der Waals surface area contributed by atoms with Crippen molar-refractivity contribution in [2.45, 2.75) is 302 Å². The normalized spacial score (nSPS) is 13.3. The number of aliphatic hydroxyl groups is 2. The summed E-state index contributed by atoms with van der Waals surface area (Å²) in [6.45, 7) is 6.44. The molecule has 0 saturated carbocycles. The summed E-state index contributed by atoms with van der Waals surface area (Å²) in [7, 11) is 0. The van der Waals surface area contributed by atoms with E-state index in [4.69, 9.17) is 4.74 Å². The van der Waals surface area contributed by atoms with E-state index in [0.717, 1.165) is 57.8 Å². The minimum absolute atomic E-state index is 0.0813. The van der Waals surface area contributed by atoms with Gasteiger partial charge < -0.3 is 20.3 Å². The molecule has 3 unspecified atom stereocenters. The topological polar surface area (TPSA) is 95.9 Å². The summed E-state index contributed by atoms with van der Waals surface area (Å²) < 4.78 is 5.92. The molecule has 58 heavy (non-hydrogen) atoms. The number of hydrogen-bond donors (Lipinski definition) is 3. The first-order chi connectivity index (χ1) is 28.5. The monoisotopic (exact) mass is 820 g/mol. The lowest BCUT2D eigenvalue weighted by Gasteiger charge is -2.24. The molecule has 1 amide bonds. The van der Waals surface area contributed by atoms with Crippen molar-refractivity contribution in [2.24, 2.45) is 0 Å². The molecule has 3 atom stereocenters. The maximum absolute atomic E-state index is 13.2. The quantitative estimate of drug-likeness (QED) is 0.0323. The summed E-state index contributed by atoms with van der Waals surface area (Å²) in [5.41, 5.74) is 0. The van der Waals surface area contributed by atoms with Crippen molar-refractivity contribution in [3.8, 4) is 0 Å². The van der Waals surface area contributed by atoms with Crippen LogP contribution < -0.4 is 5.32 Å². The van der Waals surface area contributed by atoms with E-state index in [9.17, 15) is 19.8 Å². The molecule has 0 aliphatic heterocycles. The Labute approximate surface area is 361 Å². The van der Waals surface area contributed by atoms with Crippen molar-refractivity contribution in [1.29, 1.82) is 0 Å². The van der Waals surface area contributed by atoms with Gasteiger partial charge in [0.05, 0.1) is 25.2 Å². The number of unbranched alkanes of at least 4 members (excludes halogenated alkanes) is 33. The van der Waals surface area contributed by atoms with Gasteiger partial charge >= 0.3 is 5.97 Å².